The number of carbonyl (C=O) groups is 1. The highest BCUT2D eigenvalue weighted by atomic mass is 16.4. The van der Waals surface area contributed by atoms with Crippen molar-refractivity contribution < 1.29 is 9.90 Å². The van der Waals surface area contributed by atoms with Gasteiger partial charge < -0.3 is 5.11 Å². The lowest BCUT2D eigenvalue weighted by Crippen LogP contribution is -2.11. The Kier molecular flexibility index (Phi) is 2.44. The van der Waals surface area contributed by atoms with Crippen LogP contribution < -0.4 is 0 Å². The summed E-state index contributed by atoms with van der Waals surface area (Å²) in [6.07, 6.45) is 0. The van der Waals surface area contributed by atoms with Crippen molar-refractivity contribution in [1.29, 1.82) is 0 Å². The normalized spacial score (nSPS) is 33.1. The highest BCUT2D eigenvalue weighted by Crippen LogP contribution is 2.62. The Hall–Kier alpha value is -0.530. The molecule has 1 aliphatic rings. The van der Waals surface area contributed by atoms with Crippen LogP contribution in [-0.2, 0) is 4.79 Å². The molecule has 0 amide bonds. The molecule has 76 valence electrons. The van der Waals surface area contributed by atoms with Gasteiger partial charge in [-0.3, -0.25) is 4.79 Å². The first-order valence-corrected chi connectivity index (χ1v) is 5.03. The maximum absolute atomic E-state index is 10.9. The van der Waals surface area contributed by atoms with Crippen molar-refractivity contribution in [3.8, 4) is 0 Å². The molecular weight excluding hydrogens is 164 g/mol. The van der Waals surface area contributed by atoms with E-state index in [1.807, 2.05) is 0 Å². The maximum Gasteiger partial charge on any atom is 0.307 e. The summed E-state index contributed by atoms with van der Waals surface area (Å²) in [6, 6.07) is 0. The van der Waals surface area contributed by atoms with E-state index >= 15 is 0 Å². The van der Waals surface area contributed by atoms with Gasteiger partial charge in [-0.2, -0.15) is 0 Å². The first-order valence-electron chi connectivity index (χ1n) is 5.03. The Morgan fingerprint density at radius 1 is 1.31 bits per heavy atom. The second-order valence-corrected chi connectivity index (χ2v) is 5.27. The van der Waals surface area contributed by atoms with Crippen LogP contribution in [0.15, 0.2) is 0 Å². The summed E-state index contributed by atoms with van der Waals surface area (Å²) in [5.74, 6) is 0.710. The molecule has 0 spiro atoms. The molecule has 0 bridgehead atoms. The standard InChI is InChI=1S/C11H20O2/c1-6(2)7(3)8-9(10(12)13)11(8,4)5/h6-9H,1-5H3,(H,12,13). The van der Waals surface area contributed by atoms with E-state index in [4.69, 9.17) is 5.11 Å². The van der Waals surface area contributed by atoms with Gasteiger partial charge in [-0.1, -0.05) is 34.6 Å². The minimum Gasteiger partial charge on any atom is -0.481 e. The topological polar surface area (TPSA) is 37.3 Å². The zero-order valence-electron chi connectivity index (χ0n) is 9.16. The molecule has 0 aromatic rings. The number of hydrogen-bond donors (Lipinski definition) is 1. The van der Waals surface area contributed by atoms with E-state index in [1.165, 1.54) is 0 Å². The Morgan fingerprint density at radius 3 is 2.00 bits per heavy atom. The van der Waals surface area contributed by atoms with Crippen molar-refractivity contribution in [2.75, 3.05) is 0 Å². The monoisotopic (exact) mass is 184 g/mol. The molecule has 13 heavy (non-hydrogen) atoms. The average molecular weight is 184 g/mol. The van der Waals surface area contributed by atoms with Crippen molar-refractivity contribution in [3.05, 3.63) is 0 Å². The summed E-state index contributed by atoms with van der Waals surface area (Å²) in [4.78, 5) is 10.9. The average Bonchev–Trinajstić information content (AvgIpc) is 2.51. The predicted octanol–water partition coefficient (Wildman–Crippen LogP) is 2.64. The van der Waals surface area contributed by atoms with Gasteiger partial charge in [0.1, 0.15) is 0 Å². The summed E-state index contributed by atoms with van der Waals surface area (Å²) in [6.45, 7) is 10.6. The van der Waals surface area contributed by atoms with Crippen LogP contribution in [0.1, 0.15) is 34.6 Å². The number of hydrogen-bond acceptors (Lipinski definition) is 1. The van der Waals surface area contributed by atoms with Gasteiger partial charge in [0.05, 0.1) is 5.92 Å². The molecule has 1 fully saturated rings. The van der Waals surface area contributed by atoms with E-state index in [9.17, 15) is 4.79 Å². The lowest BCUT2D eigenvalue weighted by Gasteiger charge is -2.16. The maximum atomic E-state index is 10.9. The summed E-state index contributed by atoms with van der Waals surface area (Å²) in [5.41, 5.74) is 0.00944. The van der Waals surface area contributed by atoms with Crippen LogP contribution >= 0.6 is 0 Å². The molecule has 0 aromatic carbocycles. The van der Waals surface area contributed by atoms with Crippen molar-refractivity contribution in [2.24, 2.45) is 29.1 Å². The molecule has 1 aliphatic carbocycles. The Balaban J connectivity index is 2.70. The van der Waals surface area contributed by atoms with Crippen LogP contribution in [0.25, 0.3) is 0 Å². The van der Waals surface area contributed by atoms with E-state index in [1.54, 1.807) is 0 Å². The SMILES string of the molecule is CC(C)C(C)C1C(C(=O)O)C1(C)C. The molecule has 1 N–H and O–H groups in total. The number of rotatable bonds is 3. The van der Waals surface area contributed by atoms with Gasteiger partial charge in [-0.15, -0.1) is 0 Å². The quantitative estimate of drug-likeness (QED) is 0.732. The fourth-order valence-electron chi connectivity index (χ4n) is 2.55. The Labute approximate surface area is 80.3 Å². The second-order valence-electron chi connectivity index (χ2n) is 5.27. The molecule has 0 radical (unpaired) electrons. The number of aliphatic carboxylic acids is 1. The van der Waals surface area contributed by atoms with Crippen LogP contribution in [0.5, 0.6) is 0 Å². The smallest absolute Gasteiger partial charge is 0.307 e. The fraction of sp³-hybridized carbons (Fsp3) is 0.909. The summed E-state index contributed by atoms with van der Waals surface area (Å²) < 4.78 is 0. The van der Waals surface area contributed by atoms with Gasteiger partial charge in [0.2, 0.25) is 0 Å². The molecule has 3 atom stereocenters. The largest absolute Gasteiger partial charge is 0.481 e. The van der Waals surface area contributed by atoms with Gasteiger partial charge in [-0.25, -0.2) is 0 Å². The third kappa shape index (κ3) is 1.59. The van der Waals surface area contributed by atoms with Crippen molar-refractivity contribution >= 4 is 5.97 Å². The number of carboxylic acid groups (broad SMARTS) is 1. The zero-order chi connectivity index (χ0) is 10.4. The molecule has 3 unspecified atom stereocenters. The van der Waals surface area contributed by atoms with Gasteiger partial charge in [0.15, 0.2) is 0 Å². The third-order valence-corrected chi connectivity index (χ3v) is 3.79. The Bertz CT molecular complexity index is 218. The molecule has 1 saturated carbocycles. The van der Waals surface area contributed by atoms with Crippen LogP contribution in [0.3, 0.4) is 0 Å². The van der Waals surface area contributed by atoms with E-state index in [-0.39, 0.29) is 11.3 Å². The van der Waals surface area contributed by atoms with E-state index in [0.717, 1.165) is 0 Å². The molecule has 0 aromatic heterocycles. The summed E-state index contributed by atoms with van der Waals surface area (Å²) in [5, 5.41) is 8.99. The lowest BCUT2D eigenvalue weighted by molar-refractivity contribution is -0.139. The van der Waals surface area contributed by atoms with Gasteiger partial charge >= 0.3 is 5.97 Å². The van der Waals surface area contributed by atoms with Crippen molar-refractivity contribution in [2.45, 2.75) is 34.6 Å². The predicted molar refractivity (Wildman–Crippen MR) is 52.4 cm³/mol. The van der Waals surface area contributed by atoms with Crippen LogP contribution in [-0.4, -0.2) is 11.1 Å². The van der Waals surface area contributed by atoms with Crippen molar-refractivity contribution in [1.82, 2.24) is 0 Å². The van der Waals surface area contributed by atoms with E-state index in [2.05, 4.69) is 34.6 Å². The molecule has 2 nitrogen and oxygen atoms in total. The van der Waals surface area contributed by atoms with E-state index in [0.29, 0.717) is 17.8 Å². The minimum atomic E-state index is -0.623. The van der Waals surface area contributed by atoms with Gasteiger partial charge in [0.25, 0.3) is 0 Å². The molecule has 0 saturated heterocycles. The zero-order valence-corrected chi connectivity index (χ0v) is 9.16. The van der Waals surface area contributed by atoms with Gasteiger partial charge in [0, 0.05) is 0 Å². The van der Waals surface area contributed by atoms with Gasteiger partial charge in [-0.05, 0) is 23.2 Å². The van der Waals surface area contributed by atoms with E-state index < -0.39 is 5.97 Å². The number of carboxylic acids is 1. The molecule has 2 heteroatoms. The summed E-state index contributed by atoms with van der Waals surface area (Å²) in [7, 11) is 0. The lowest BCUT2D eigenvalue weighted by atomic mass is 9.89. The van der Waals surface area contributed by atoms with Crippen molar-refractivity contribution in [3.63, 3.8) is 0 Å². The van der Waals surface area contributed by atoms with Crippen LogP contribution in [0.4, 0.5) is 0 Å². The minimum absolute atomic E-state index is 0.00944. The van der Waals surface area contributed by atoms with Crippen LogP contribution in [0, 0.1) is 29.1 Å². The highest BCUT2D eigenvalue weighted by molar-refractivity contribution is 5.75. The molecule has 1 rings (SSSR count). The fourth-order valence-corrected chi connectivity index (χ4v) is 2.55. The molecule has 0 heterocycles. The molecular formula is C11H20O2. The first kappa shape index (κ1) is 10.6. The first-order chi connectivity index (χ1) is 5.80. The van der Waals surface area contributed by atoms with Crippen LogP contribution in [0.2, 0.25) is 0 Å². The Morgan fingerprint density at radius 2 is 1.77 bits per heavy atom. The second kappa shape index (κ2) is 3.00. The molecule has 0 aliphatic heterocycles. The third-order valence-electron chi connectivity index (χ3n) is 3.79. The highest BCUT2D eigenvalue weighted by Gasteiger charge is 2.63. The summed E-state index contributed by atoms with van der Waals surface area (Å²) >= 11 is 0.